The maximum Gasteiger partial charge on any atom is 0.375 e. The number of esters is 1. The normalized spacial score (nSPS) is 15.6. The standard InChI is InChI=1S/C22H27NO5/c1-16(21(24)23(2)17-9-5-3-6-10-17)27-22(25)20-14-13-19(28-20)15-26-18-11-7-4-8-12-18/h4,7-8,11-14,16-17H,3,5-6,9-10,15H2,1-2H3. The maximum absolute atomic E-state index is 12.6. The predicted molar refractivity (Wildman–Crippen MR) is 104 cm³/mol. The lowest BCUT2D eigenvalue weighted by atomic mass is 9.94. The summed E-state index contributed by atoms with van der Waals surface area (Å²) >= 11 is 0. The van der Waals surface area contributed by atoms with E-state index < -0.39 is 12.1 Å². The van der Waals surface area contributed by atoms with Crippen LogP contribution in [0.4, 0.5) is 0 Å². The Morgan fingerprint density at radius 1 is 1.11 bits per heavy atom. The molecule has 0 saturated heterocycles. The summed E-state index contributed by atoms with van der Waals surface area (Å²) in [5, 5.41) is 0. The molecule has 1 saturated carbocycles. The summed E-state index contributed by atoms with van der Waals surface area (Å²) in [5.74, 6) is 0.456. The number of para-hydroxylation sites is 1. The van der Waals surface area contributed by atoms with Crippen LogP contribution < -0.4 is 4.74 Å². The van der Waals surface area contributed by atoms with Crippen LogP contribution in [-0.4, -0.2) is 36.0 Å². The van der Waals surface area contributed by atoms with Crippen LogP contribution in [0.25, 0.3) is 0 Å². The summed E-state index contributed by atoms with van der Waals surface area (Å²) in [6.07, 6.45) is 4.65. The van der Waals surface area contributed by atoms with Crippen molar-refractivity contribution in [1.82, 2.24) is 4.90 Å². The Kier molecular flexibility index (Phi) is 6.74. The molecule has 1 aromatic heterocycles. The zero-order chi connectivity index (χ0) is 19.9. The second kappa shape index (κ2) is 9.44. The minimum absolute atomic E-state index is 0.0617. The van der Waals surface area contributed by atoms with Crippen molar-refractivity contribution in [2.75, 3.05) is 7.05 Å². The van der Waals surface area contributed by atoms with Gasteiger partial charge in [0.15, 0.2) is 6.10 Å². The van der Waals surface area contributed by atoms with Gasteiger partial charge in [0.05, 0.1) is 0 Å². The van der Waals surface area contributed by atoms with Crippen LogP contribution in [0.1, 0.15) is 55.3 Å². The molecule has 6 heteroatoms. The minimum atomic E-state index is -0.853. The van der Waals surface area contributed by atoms with Crippen molar-refractivity contribution >= 4 is 11.9 Å². The van der Waals surface area contributed by atoms with Gasteiger partial charge in [0.1, 0.15) is 18.1 Å². The topological polar surface area (TPSA) is 69.0 Å². The SMILES string of the molecule is CC(OC(=O)c1ccc(COc2ccccc2)o1)C(=O)N(C)C1CCCCC1. The molecule has 6 nitrogen and oxygen atoms in total. The van der Waals surface area contributed by atoms with Gasteiger partial charge in [-0.3, -0.25) is 4.79 Å². The summed E-state index contributed by atoms with van der Waals surface area (Å²) in [4.78, 5) is 26.6. The smallest absolute Gasteiger partial charge is 0.375 e. The molecule has 1 atom stereocenters. The van der Waals surface area contributed by atoms with Crippen LogP contribution in [0.2, 0.25) is 0 Å². The van der Waals surface area contributed by atoms with Gasteiger partial charge in [-0.15, -0.1) is 0 Å². The molecule has 150 valence electrons. The van der Waals surface area contributed by atoms with Gasteiger partial charge in [0, 0.05) is 13.1 Å². The first-order chi connectivity index (χ1) is 13.5. The molecule has 3 rings (SSSR count). The monoisotopic (exact) mass is 385 g/mol. The lowest BCUT2D eigenvalue weighted by molar-refractivity contribution is -0.141. The van der Waals surface area contributed by atoms with Crippen molar-refractivity contribution in [2.24, 2.45) is 0 Å². The fourth-order valence-electron chi connectivity index (χ4n) is 3.44. The number of nitrogens with zero attached hydrogens (tertiary/aromatic N) is 1. The molecule has 1 aliphatic rings. The number of amides is 1. The summed E-state index contributed by atoms with van der Waals surface area (Å²) in [6.45, 7) is 1.80. The number of carbonyl (C=O) groups is 2. The molecule has 0 radical (unpaired) electrons. The van der Waals surface area contributed by atoms with Crippen molar-refractivity contribution in [3.63, 3.8) is 0 Å². The summed E-state index contributed by atoms with van der Waals surface area (Å²) < 4.78 is 16.4. The number of carbonyl (C=O) groups excluding carboxylic acids is 2. The van der Waals surface area contributed by atoms with Gasteiger partial charge in [0.2, 0.25) is 5.76 Å². The molecule has 1 fully saturated rings. The van der Waals surface area contributed by atoms with Crippen molar-refractivity contribution < 1.29 is 23.5 Å². The van der Waals surface area contributed by atoms with Crippen LogP contribution in [-0.2, 0) is 16.1 Å². The van der Waals surface area contributed by atoms with Gasteiger partial charge >= 0.3 is 5.97 Å². The third kappa shape index (κ3) is 5.15. The van der Waals surface area contributed by atoms with E-state index in [0.29, 0.717) is 11.5 Å². The van der Waals surface area contributed by atoms with Crippen molar-refractivity contribution in [3.8, 4) is 5.75 Å². The number of rotatable bonds is 7. The van der Waals surface area contributed by atoms with Crippen LogP contribution in [0, 0.1) is 0 Å². The molecule has 1 aromatic carbocycles. The van der Waals surface area contributed by atoms with E-state index in [-0.39, 0.29) is 24.3 Å². The number of likely N-dealkylation sites (N-methyl/N-ethyl adjacent to an activating group) is 1. The second-order valence-electron chi connectivity index (χ2n) is 7.16. The first kappa shape index (κ1) is 20.0. The van der Waals surface area contributed by atoms with E-state index in [2.05, 4.69) is 0 Å². The van der Waals surface area contributed by atoms with E-state index in [0.717, 1.165) is 25.7 Å². The van der Waals surface area contributed by atoms with Gasteiger partial charge in [-0.1, -0.05) is 37.5 Å². The molecule has 2 aromatic rings. The zero-order valence-corrected chi connectivity index (χ0v) is 16.4. The van der Waals surface area contributed by atoms with Crippen LogP contribution in [0.15, 0.2) is 46.9 Å². The highest BCUT2D eigenvalue weighted by Crippen LogP contribution is 2.22. The van der Waals surface area contributed by atoms with Gasteiger partial charge in [0.25, 0.3) is 5.91 Å². The van der Waals surface area contributed by atoms with Crippen molar-refractivity contribution in [2.45, 2.75) is 57.8 Å². The summed E-state index contributed by atoms with van der Waals surface area (Å²) in [7, 11) is 1.79. The van der Waals surface area contributed by atoms with Gasteiger partial charge < -0.3 is 18.8 Å². The quantitative estimate of drug-likeness (QED) is 0.668. The van der Waals surface area contributed by atoms with Gasteiger partial charge in [-0.2, -0.15) is 0 Å². The lowest BCUT2D eigenvalue weighted by Crippen LogP contribution is -2.44. The first-order valence-electron chi connectivity index (χ1n) is 9.79. The zero-order valence-electron chi connectivity index (χ0n) is 16.4. The fourth-order valence-corrected chi connectivity index (χ4v) is 3.44. The Morgan fingerprint density at radius 3 is 2.54 bits per heavy atom. The number of hydrogen-bond acceptors (Lipinski definition) is 5. The number of ether oxygens (including phenoxy) is 2. The Bertz CT molecular complexity index is 779. The lowest BCUT2D eigenvalue weighted by Gasteiger charge is -2.32. The number of hydrogen-bond donors (Lipinski definition) is 0. The minimum Gasteiger partial charge on any atom is -0.486 e. The Hall–Kier alpha value is -2.76. The van der Waals surface area contributed by atoms with Crippen LogP contribution in [0.5, 0.6) is 5.75 Å². The highest BCUT2D eigenvalue weighted by atomic mass is 16.6. The average molecular weight is 385 g/mol. The van der Waals surface area contributed by atoms with Crippen molar-refractivity contribution in [3.05, 3.63) is 54.0 Å². The summed E-state index contributed by atoms with van der Waals surface area (Å²) in [5.41, 5.74) is 0. The third-order valence-corrected chi connectivity index (χ3v) is 5.09. The van der Waals surface area contributed by atoms with E-state index >= 15 is 0 Å². The molecule has 0 spiro atoms. The molecular weight excluding hydrogens is 358 g/mol. The van der Waals surface area contributed by atoms with E-state index in [4.69, 9.17) is 13.9 Å². The maximum atomic E-state index is 12.6. The molecule has 1 heterocycles. The van der Waals surface area contributed by atoms with Crippen LogP contribution >= 0.6 is 0 Å². The van der Waals surface area contributed by atoms with Gasteiger partial charge in [-0.05, 0) is 44.0 Å². The highest BCUT2D eigenvalue weighted by Gasteiger charge is 2.28. The van der Waals surface area contributed by atoms with E-state index in [1.54, 1.807) is 24.9 Å². The van der Waals surface area contributed by atoms with Crippen LogP contribution in [0.3, 0.4) is 0 Å². The van der Waals surface area contributed by atoms with E-state index in [1.165, 1.54) is 12.5 Å². The number of benzene rings is 1. The molecule has 1 unspecified atom stereocenters. The Balaban J connectivity index is 1.51. The Labute approximate surface area is 165 Å². The largest absolute Gasteiger partial charge is 0.486 e. The second-order valence-corrected chi connectivity index (χ2v) is 7.16. The van der Waals surface area contributed by atoms with E-state index in [1.807, 2.05) is 30.3 Å². The first-order valence-corrected chi connectivity index (χ1v) is 9.79. The van der Waals surface area contributed by atoms with E-state index in [9.17, 15) is 9.59 Å². The molecule has 28 heavy (non-hydrogen) atoms. The van der Waals surface area contributed by atoms with Crippen molar-refractivity contribution in [1.29, 1.82) is 0 Å². The molecule has 0 bridgehead atoms. The third-order valence-electron chi connectivity index (χ3n) is 5.09. The predicted octanol–water partition coefficient (Wildman–Crippen LogP) is 4.20. The molecule has 0 aliphatic heterocycles. The fraction of sp³-hybridized carbons (Fsp3) is 0.455. The number of furan rings is 1. The Morgan fingerprint density at radius 2 is 1.82 bits per heavy atom. The van der Waals surface area contributed by atoms with Gasteiger partial charge in [-0.25, -0.2) is 4.79 Å². The molecule has 1 aliphatic carbocycles. The highest BCUT2D eigenvalue weighted by molar-refractivity contribution is 5.90. The average Bonchev–Trinajstić information content (AvgIpc) is 3.22. The molecule has 1 amide bonds. The molecular formula is C22H27NO5. The molecule has 0 N–H and O–H groups in total. The summed E-state index contributed by atoms with van der Waals surface area (Å²) in [6, 6.07) is 12.8.